The van der Waals surface area contributed by atoms with E-state index in [9.17, 15) is 18.7 Å². The minimum absolute atomic E-state index is 0.274. The van der Waals surface area contributed by atoms with Crippen molar-refractivity contribution >= 4 is 17.7 Å². The molecule has 0 bridgehead atoms. The van der Waals surface area contributed by atoms with Crippen molar-refractivity contribution in [3.8, 4) is 0 Å². The monoisotopic (exact) mass is 338 g/mol. The Labute approximate surface area is 136 Å². The molecule has 0 saturated heterocycles. The Morgan fingerprint density at radius 1 is 1.26 bits per heavy atom. The van der Waals surface area contributed by atoms with Gasteiger partial charge in [0.15, 0.2) is 0 Å². The summed E-state index contributed by atoms with van der Waals surface area (Å²) in [5, 5.41) is 12.6. The van der Waals surface area contributed by atoms with Gasteiger partial charge in [0, 0.05) is 12.7 Å². The summed E-state index contributed by atoms with van der Waals surface area (Å²) in [6, 6.07) is 8.69. The van der Waals surface area contributed by atoms with Crippen LogP contribution in [0.5, 0.6) is 0 Å². The number of nitrogens with one attached hydrogen (secondary N) is 1. The van der Waals surface area contributed by atoms with Gasteiger partial charge in [-0.15, -0.1) is 0 Å². The molecule has 2 N–H and O–H groups in total. The number of aliphatic hydroxyl groups excluding tert-OH is 1. The minimum atomic E-state index is -1.45. The molecule has 0 fully saturated rings. The van der Waals surface area contributed by atoms with Gasteiger partial charge in [-0.1, -0.05) is 23.9 Å². The van der Waals surface area contributed by atoms with E-state index >= 15 is 0 Å². The molecule has 2 atom stereocenters. The van der Waals surface area contributed by atoms with E-state index in [4.69, 9.17) is 0 Å². The van der Waals surface area contributed by atoms with Crippen LogP contribution in [0.3, 0.4) is 0 Å². The number of aliphatic hydroxyl groups is 1. The molecule has 2 rings (SSSR count). The van der Waals surface area contributed by atoms with Gasteiger partial charge in [0.1, 0.15) is 17.7 Å². The van der Waals surface area contributed by atoms with Crippen LogP contribution in [0.15, 0.2) is 47.6 Å². The van der Waals surface area contributed by atoms with Crippen molar-refractivity contribution in [3.05, 3.63) is 59.8 Å². The second kappa shape index (κ2) is 8.03. The molecule has 122 valence electrons. The number of thioether (sulfide) groups is 1. The number of amides is 1. The van der Waals surface area contributed by atoms with Crippen molar-refractivity contribution in [2.75, 3.05) is 6.54 Å². The first-order valence-electron chi connectivity index (χ1n) is 6.96. The highest BCUT2D eigenvalue weighted by molar-refractivity contribution is 8.00. The third kappa shape index (κ3) is 4.74. The lowest BCUT2D eigenvalue weighted by Crippen LogP contribution is -2.34. The summed E-state index contributed by atoms with van der Waals surface area (Å²) in [6.07, 6.45) is 0.171. The second-order valence-corrected chi connectivity index (χ2v) is 6.19. The Bertz CT molecular complexity index is 650. The number of rotatable bonds is 6. The summed E-state index contributed by atoms with van der Waals surface area (Å²) in [5.74, 6) is -2.04. The predicted octanol–water partition coefficient (Wildman–Crippen LogP) is 2.69. The highest BCUT2D eigenvalue weighted by Crippen LogP contribution is 2.22. The first kappa shape index (κ1) is 17.4. The SMILES string of the molecule is CC(Sc1ccccn1)C(=O)NCC(O)c1c(F)cccc1F. The summed E-state index contributed by atoms with van der Waals surface area (Å²) < 4.78 is 27.1. The molecule has 0 aliphatic rings. The molecule has 4 nitrogen and oxygen atoms in total. The number of pyridine rings is 1. The Kier molecular flexibility index (Phi) is 6.06. The largest absolute Gasteiger partial charge is 0.386 e. The summed E-state index contributed by atoms with van der Waals surface area (Å²) >= 11 is 1.25. The second-order valence-electron chi connectivity index (χ2n) is 4.82. The average Bonchev–Trinajstić information content (AvgIpc) is 2.53. The maximum atomic E-state index is 13.5. The number of carbonyl (C=O) groups is 1. The number of hydrogen-bond acceptors (Lipinski definition) is 4. The van der Waals surface area contributed by atoms with E-state index in [1.807, 2.05) is 6.07 Å². The molecule has 23 heavy (non-hydrogen) atoms. The molecule has 2 aromatic rings. The summed E-state index contributed by atoms with van der Waals surface area (Å²) in [6.45, 7) is 1.41. The molecule has 0 saturated carbocycles. The molecule has 0 spiro atoms. The summed E-state index contributed by atoms with van der Waals surface area (Å²) in [7, 11) is 0. The Hall–Kier alpha value is -1.99. The molecule has 1 heterocycles. The molecule has 1 aromatic heterocycles. The maximum absolute atomic E-state index is 13.5. The van der Waals surface area contributed by atoms with Crippen molar-refractivity contribution in [2.45, 2.75) is 23.3 Å². The molecule has 1 amide bonds. The molecule has 0 radical (unpaired) electrons. The lowest BCUT2D eigenvalue weighted by atomic mass is 10.1. The van der Waals surface area contributed by atoms with E-state index in [0.717, 1.165) is 12.1 Å². The fourth-order valence-electron chi connectivity index (χ4n) is 1.92. The maximum Gasteiger partial charge on any atom is 0.233 e. The van der Waals surface area contributed by atoms with Gasteiger partial charge in [-0.3, -0.25) is 4.79 Å². The Morgan fingerprint density at radius 3 is 2.57 bits per heavy atom. The van der Waals surface area contributed by atoms with Gasteiger partial charge in [0.05, 0.1) is 15.8 Å². The minimum Gasteiger partial charge on any atom is -0.386 e. The van der Waals surface area contributed by atoms with E-state index in [1.165, 1.54) is 17.8 Å². The molecule has 0 aliphatic heterocycles. The van der Waals surface area contributed by atoms with Crippen LogP contribution in [0.1, 0.15) is 18.6 Å². The average molecular weight is 338 g/mol. The number of hydrogen-bond donors (Lipinski definition) is 2. The summed E-state index contributed by atoms with van der Waals surface area (Å²) in [4.78, 5) is 16.1. The number of nitrogens with zero attached hydrogens (tertiary/aromatic N) is 1. The quantitative estimate of drug-likeness (QED) is 0.795. The zero-order valence-electron chi connectivity index (χ0n) is 12.4. The number of carbonyl (C=O) groups excluding carboxylic acids is 1. The Balaban J connectivity index is 1.91. The highest BCUT2D eigenvalue weighted by atomic mass is 32.2. The third-order valence-corrected chi connectivity index (χ3v) is 4.16. The van der Waals surface area contributed by atoms with Crippen LogP contribution in [-0.2, 0) is 4.79 Å². The zero-order chi connectivity index (χ0) is 16.8. The fraction of sp³-hybridized carbons (Fsp3) is 0.250. The lowest BCUT2D eigenvalue weighted by Gasteiger charge is -2.16. The topological polar surface area (TPSA) is 62.2 Å². The lowest BCUT2D eigenvalue weighted by molar-refractivity contribution is -0.120. The van der Waals surface area contributed by atoms with Gasteiger partial charge >= 0.3 is 0 Å². The van der Waals surface area contributed by atoms with Crippen LogP contribution < -0.4 is 5.32 Å². The molecule has 2 unspecified atom stereocenters. The van der Waals surface area contributed by atoms with Gasteiger partial charge in [0.25, 0.3) is 0 Å². The number of halogens is 2. The van der Waals surface area contributed by atoms with Gasteiger partial charge in [-0.25, -0.2) is 13.8 Å². The normalized spacial score (nSPS) is 13.4. The molecule has 7 heteroatoms. The Morgan fingerprint density at radius 2 is 1.96 bits per heavy atom. The van der Waals surface area contributed by atoms with Crippen molar-refractivity contribution in [1.29, 1.82) is 0 Å². The zero-order valence-corrected chi connectivity index (χ0v) is 13.2. The van der Waals surface area contributed by atoms with Gasteiger partial charge in [-0.2, -0.15) is 0 Å². The first-order valence-corrected chi connectivity index (χ1v) is 7.84. The number of aromatic nitrogens is 1. The van der Waals surface area contributed by atoms with Crippen LogP contribution in [0.25, 0.3) is 0 Å². The van der Waals surface area contributed by atoms with Crippen molar-refractivity contribution in [2.24, 2.45) is 0 Å². The predicted molar refractivity (Wildman–Crippen MR) is 83.9 cm³/mol. The van der Waals surface area contributed by atoms with Gasteiger partial charge in [-0.05, 0) is 31.2 Å². The molecule has 1 aromatic carbocycles. The van der Waals surface area contributed by atoms with E-state index in [2.05, 4.69) is 10.3 Å². The molecule has 0 aliphatic carbocycles. The summed E-state index contributed by atoms with van der Waals surface area (Å²) in [5.41, 5.74) is -0.446. The van der Waals surface area contributed by atoms with Crippen LogP contribution in [-0.4, -0.2) is 27.8 Å². The highest BCUT2D eigenvalue weighted by Gasteiger charge is 2.20. The van der Waals surface area contributed by atoms with Crippen molar-refractivity contribution in [1.82, 2.24) is 10.3 Å². The van der Waals surface area contributed by atoms with E-state index in [-0.39, 0.29) is 12.5 Å². The molecular weight excluding hydrogens is 322 g/mol. The fourth-order valence-corrected chi connectivity index (χ4v) is 2.76. The van der Waals surface area contributed by atoms with Crippen LogP contribution in [0.2, 0.25) is 0 Å². The first-order chi connectivity index (χ1) is 11.0. The van der Waals surface area contributed by atoms with E-state index < -0.39 is 28.6 Å². The van der Waals surface area contributed by atoms with Crippen molar-refractivity contribution in [3.63, 3.8) is 0 Å². The standard InChI is InChI=1S/C16H16F2N2O2S/c1-10(23-14-7-2-3-8-19-14)16(22)20-9-13(21)15-11(17)5-4-6-12(15)18/h2-8,10,13,21H,9H2,1H3,(H,20,22). The number of benzene rings is 1. The van der Waals surface area contributed by atoms with Crippen molar-refractivity contribution < 1.29 is 18.7 Å². The van der Waals surface area contributed by atoms with Crippen LogP contribution in [0.4, 0.5) is 8.78 Å². The van der Waals surface area contributed by atoms with Crippen LogP contribution >= 0.6 is 11.8 Å². The smallest absolute Gasteiger partial charge is 0.233 e. The van der Waals surface area contributed by atoms with Gasteiger partial charge < -0.3 is 10.4 Å². The van der Waals surface area contributed by atoms with E-state index in [0.29, 0.717) is 5.03 Å². The van der Waals surface area contributed by atoms with Gasteiger partial charge in [0.2, 0.25) is 5.91 Å². The van der Waals surface area contributed by atoms with Crippen LogP contribution in [0, 0.1) is 11.6 Å². The third-order valence-electron chi connectivity index (χ3n) is 3.11. The molecular formula is C16H16F2N2O2S. The van der Waals surface area contributed by atoms with E-state index in [1.54, 1.807) is 25.3 Å².